The van der Waals surface area contributed by atoms with E-state index in [1.807, 2.05) is 24.6 Å². The minimum absolute atomic E-state index is 0.0422. The Kier molecular flexibility index (Phi) is 6.33. The zero-order valence-electron chi connectivity index (χ0n) is 16.0. The molecule has 1 amide bonds. The van der Waals surface area contributed by atoms with Gasteiger partial charge in [-0.25, -0.2) is 4.68 Å². The van der Waals surface area contributed by atoms with Gasteiger partial charge in [-0.1, -0.05) is 6.07 Å². The molecular weight excluding hydrogens is 364 g/mol. The van der Waals surface area contributed by atoms with Crippen molar-refractivity contribution in [2.45, 2.75) is 45.8 Å². The lowest BCUT2D eigenvalue weighted by molar-refractivity contribution is -0.133. The van der Waals surface area contributed by atoms with Crippen LogP contribution in [0, 0.1) is 5.92 Å². The molecule has 0 aliphatic carbocycles. The molecule has 3 heterocycles. The highest BCUT2D eigenvalue weighted by molar-refractivity contribution is 7.12. The number of ketones is 1. The standard InChI is InChI=1S/C18H26N6O2S/c1-13(2)22(3)11-16-19-20-21-24(16)12-17(25)23-8-4-6-14(10-23)18(26)15-7-5-9-27-15/h5,7,9,13-14H,4,6,8,10-12H2,1-3H3/t14-/m0/s1. The summed E-state index contributed by atoms with van der Waals surface area (Å²) in [5.41, 5.74) is 0. The van der Waals surface area contributed by atoms with Crippen molar-refractivity contribution in [2.75, 3.05) is 20.1 Å². The molecule has 1 fully saturated rings. The molecule has 1 saturated heterocycles. The van der Waals surface area contributed by atoms with E-state index in [0.29, 0.717) is 31.5 Å². The Bertz CT molecular complexity index is 773. The number of nitrogens with zero attached hydrogens (tertiary/aromatic N) is 6. The van der Waals surface area contributed by atoms with Crippen LogP contribution in [0.25, 0.3) is 0 Å². The number of carbonyl (C=O) groups excluding carboxylic acids is 2. The van der Waals surface area contributed by atoms with E-state index in [9.17, 15) is 9.59 Å². The van der Waals surface area contributed by atoms with Gasteiger partial charge in [0.15, 0.2) is 11.6 Å². The van der Waals surface area contributed by atoms with Gasteiger partial charge in [0.25, 0.3) is 0 Å². The van der Waals surface area contributed by atoms with E-state index < -0.39 is 0 Å². The summed E-state index contributed by atoms with van der Waals surface area (Å²) >= 11 is 1.46. The summed E-state index contributed by atoms with van der Waals surface area (Å²) in [5, 5.41) is 13.7. The molecule has 0 unspecified atom stereocenters. The van der Waals surface area contributed by atoms with Gasteiger partial charge in [0.1, 0.15) is 6.54 Å². The van der Waals surface area contributed by atoms with Crippen LogP contribution in [0.4, 0.5) is 0 Å². The van der Waals surface area contributed by atoms with E-state index >= 15 is 0 Å². The van der Waals surface area contributed by atoms with Crippen LogP contribution in [0.3, 0.4) is 0 Å². The Morgan fingerprint density at radius 2 is 2.22 bits per heavy atom. The molecule has 1 atom stereocenters. The smallest absolute Gasteiger partial charge is 0.244 e. The van der Waals surface area contributed by atoms with Crippen LogP contribution in [0.1, 0.15) is 42.2 Å². The fourth-order valence-corrected chi connectivity index (χ4v) is 3.87. The molecule has 0 bridgehead atoms. The Labute approximate surface area is 163 Å². The number of carbonyl (C=O) groups is 2. The van der Waals surface area contributed by atoms with Crippen LogP contribution in [0.2, 0.25) is 0 Å². The van der Waals surface area contributed by atoms with Crippen LogP contribution in [-0.2, 0) is 17.9 Å². The summed E-state index contributed by atoms with van der Waals surface area (Å²) in [5.74, 6) is 0.646. The molecule has 8 nitrogen and oxygen atoms in total. The first-order chi connectivity index (χ1) is 13.0. The second-order valence-corrected chi connectivity index (χ2v) is 8.23. The molecule has 0 N–H and O–H groups in total. The average molecular weight is 391 g/mol. The third kappa shape index (κ3) is 4.78. The van der Waals surface area contributed by atoms with E-state index in [-0.39, 0.29) is 24.2 Å². The molecule has 27 heavy (non-hydrogen) atoms. The maximum absolute atomic E-state index is 12.8. The first kappa shape index (κ1) is 19.6. The van der Waals surface area contributed by atoms with Gasteiger partial charge in [0.2, 0.25) is 5.91 Å². The van der Waals surface area contributed by atoms with Crippen molar-refractivity contribution >= 4 is 23.0 Å². The Hall–Kier alpha value is -2.13. The van der Waals surface area contributed by atoms with Gasteiger partial charge in [-0.2, -0.15) is 0 Å². The van der Waals surface area contributed by atoms with Gasteiger partial charge in [0.05, 0.1) is 11.4 Å². The second kappa shape index (κ2) is 8.71. The lowest BCUT2D eigenvalue weighted by atomic mass is 9.93. The molecule has 0 radical (unpaired) electrons. The predicted octanol–water partition coefficient (Wildman–Crippen LogP) is 1.70. The first-order valence-corrected chi connectivity index (χ1v) is 10.1. The number of aromatic nitrogens is 4. The number of amides is 1. The van der Waals surface area contributed by atoms with Crippen LogP contribution in [0.15, 0.2) is 17.5 Å². The minimum Gasteiger partial charge on any atom is -0.340 e. The number of tetrazole rings is 1. The molecule has 2 aromatic heterocycles. The average Bonchev–Trinajstić information content (AvgIpc) is 3.33. The van der Waals surface area contributed by atoms with E-state index in [1.165, 1.54) is 11.3 Å². The topological polar surface area (TPSA) is 84.2 Å². The van der Waals surface area contributed by atoms with Crippen molar-refractivity contribution in [3.63, 3.8) is 0 Å². The highest BCUT2D eigenvalue weighted by atomic mass is 32.1. The highest BCUT2D eigenvalue weighted by Gasteiger charge is 2.30. The van der Waals surface area contributed by atoms with Gasteiger partial charge in [-0.3, -0.25) is 14.5 Å². The molecule has 3 rings (SSSR count). The number of Topliss-reactive ketones (excluding diaryl/α,β-unsaturated/α-hetero) is 1. The quantitative estimate of drug-likeness (QED) is 0.669. The molecule has 1 aliphatic heterocycles. The number of thiophene rings is 1. The molecule has 0 spiro atoms. The predicted molar refractivity (Wildman–Crippen MR) is 102 cm³/mol. The van der Waals surface area contributed by atoms with Gasteiger partial charge < -0.3 is 4.90 Å². The second-order valence-electron chi connectivity index (χ2n) is 7.28. The highest BCUT2D eigenvalue weighted by Crippen LogP contribution is 2.23. The van der Waals surface area contributed by atoms with E-state index in [2.05, 4.69) is 34.3 Å². The van der Waals surface area contributed by atoms with Gasteiger partial charge in [-0.15, -0.1) is 16.4 Å². The summed E-state index contributed by atoms with van der Waals surface area (Å²) in [6, 6.07) is 4.10. The van der Waals surface area contributed by atoms with Crippen LogP contribution >= 0.6 is 11.3 Å². The molecule has 2 aromatic rings. The van der Waals surface area contributed by atoms with Crippen molar-refractivity contribution in [1.82, 2.24) is 30.0 Å². The fraction of sp³-hybridized carbons (Fsp3) is 0.611. The van der Waals surface area contributed by atoms with E-state index in [4.69, 9.17) is 0 Å². The normalized spacial score (nSPS) is 17.7. The molecule has 1 aliphatic rings. The largest absolute Gasteiger partial charge is 0.340 e. The summed E-state index contributed by atoms with van der Waals surface area (Å²) in [6.07, 6.45) is 1.67. The molecule has 9 heteroatoms. The van der Waals surface area contributed by atoms with Crippen molar-refractivity contribution in [3.8, 4) is 0 Å². The zero-order valence-corrected chi connectivity index (χ0v) is 16.9. The van der Waals surface area contributed by atoms with E-state index in [0.717, 1.165) is 17.7 Å². The SMILES string of the molecule is CC(C)N(C)Cc1nnnn1CC(=O)N1CCC[C@H](C(=O)c2cccs2)C1. The molecule has 0 aromatic carbocycles. The van der Waals surface area contributed by atoms with Gasteiger partial charge in [-0.05, 0) is 55.6 Å². The lowest BCUT2D eigenvalue weighted by Crippen LogP contribution is -2.44. The Balaban J connectivity index is 1.61. The maximum Gasteiger partial charge on any atom is 0.244 e. The number of likely N-dealkylation sites (tertiary alicyclic amines) is 1. The molecular formula is C18H26N6O2S. The van der Waals surface area contributed by atoms with Crippen LogP contribution in [0.5, 0.6) is 0 Å². The lowest BCUT2D eigenvalue weighted by Gasteiger charge is -2.32. The van der Waals surface area contributed by atoms with Crippen molar-refractivity contribution in [2.24, 2.45) is 5.92 Å². The van der Waals surface area contributed by atoms with Crippen LogP contribution in [-0.4, -0.2) is 67.9 Å². The van der Waals surface area contributed by atoms with E-state index in [1.54, 1.807) is 9.58 Å². The van der Waals surface area contributed by atoms with Gasteiger partial charge >= 0.3 is 0 Å². The molecule has 146 valence electrons. The van der Waals surface area contributed by atoms with Crippen LogP contribution < -0.4 is 0 Å². The number of hydrogen-bond donors (Lipinski definition) is 0. The third-order valence-corrected chi connectivity index (χ3v) is 5.96. The van der Waals surface area contributed by atoms with Crippen molar-refractivity contribution < 1.29 is 9.59 Å². The van der Waals surface area contributed by atoms with Crippen molar-refractivity contribution in [3.05, 3.63) is 28.2 Å². The fourth-order valence-electron chi connectivity index (χ4n) is 3.13. The minimum atomic E-state index is -0.123. The number of rotatable bonds is 7. The van der Waals surface area contributed by atoms with Crippen molar-refractivity contribution in [1.29, 1.82) is 0 Å². The summed E-state index contributed by atoms with van der Waals surface area (Å²) in [4.78, 5) is 30.1. The monoisotopic (exact) mass is 390 g/mol. The number of hydrogen-bond acceptors (Lipinski definition) is 7. The Morgan fingerprint density at radius 1 is 1.41 bits per heavy atom. The summed E-state index contributed by atoms with van der Waals surface area (Å²) < 4.78 is 1.56. The van der Waals surface area contributed by atoms with Gasteiger partial charge in [0, 0.05) is 25.0 Å². The Morgan fingerprint density at radius 3 is 2.93 bits per heavy atom. The summed E-state index contributed by atoms with van der Waals surface area (Å²) in [6.45, 7) is 6.02. The zero-order chi connectivity index (χ0) is 19.4. The maximum atomic E-state index is 12.8. The molecule has 0 saturated carbocycles. The third-order valence-electron chi connectivity index (χ3n) is 5.07. The summed E-state index contributed by atoms with van der Waals surface area (Å²) in [7, 11) is 2.00. The first-order valence-electron chi connectivity index (χ1n) is 9.26. The number of piperidine rings is 1.